The van der Waals surface area contributed by atoms with Gasteiger partial charge in [-0.3, -0.25) is 9.59 Å². The van der Waals surface area contributed by atoms with Crippen LogP contribution < -0.4 is 10.1 Å². The molecule has 1 aromatic carbocycles. The molecule has 0 heterocycles. The van der Waals surface area contributed by atoms with Gasteiger partial charge < -0.3 is 15.2 Å². The van der Waals surface area contributed by atoms with Gasteiger partial charge in [0.05, 0.1) is 24.6 Å². The zero-order chi connectivity index (χ0) is 15.0. The number of anilines is 1. The van der Waals surface area contributed by atoms with Crippen LogP contribution in [0.15, 0.2) is 36.4 Å². The third-order valence-corrected chi connectivity index (χ3v) is 4.41. The summed E-state index contributed by atoms with van der Waals surface area (Å²) in [5.41, 5.74) is 0.570. The summed E-state index contributed by atoms with van der Waals surface area (Å²) in [5.74, 6) is -1.73. The molecule has 1 aromatic rings. The maximum atomic E-state index is 12.5. The number of fused-ring (bicyclic) bond motifs is 2. The lowest BCUT2D eigenvalue weighted by Gasteiger charge is -2.24. The first-order valence-electron chi connectivity index (χ1n) is 6.97. The van der Waals surface area contributed by atoms with E-state index in [1.807, 2.05) is 18.2 Å². The van der Waals surface area contributed by atoms with Crippen molar-refractivity contribution < 1.29 is 19.4 Å². The molecule has 1 saturated carbocycles. The number of para-hydroxylation sites is 2. The van der Waals surface area contributed by atoms with E-state index < -0.39 is 17.8 Å². The number of hydrogen-bond donors (Lipinski definition) is 2. The van der Waals surface area contributed by atoms with Gasteiger partial charge in [-0.15, -0.1) is 0 Å². The normalized spacial score (nSPS) is 29.4. The van der Waals surface area contributed by atoms with E-state index >= 15 is 0 Å². The summed E-state index contributed by atoms with van der Waals surface area (Å²) in [7, 11) is 1.53. The van der Waals surface area contributed by atoms with Gasteiger partial charge in [0, 0.05) is 0 Å². The second-order valence-electron chi connectivity index (χ2n) is 5.53. The molecular formula is C16H17NO4. The number of amides is 1. The molecule has 2 aliphatic rings. The van der Waals surface area contributed by atoms with Crippen molar-refractivity contribution in [3.05, 3.63) is 36.4 Å². The number of carbonyl (C=O) groups excluding carboxylic acids is 1. The van der Waals surface area contributed by atoms with Crippen LogP contribution in [0.4, 0.5) is 5.69 Å². The van der Waals surface area contributed by atoms with E-state index in [0.29, 0.717) is 11.4 Å². The van der Waals surface area contributed by atoms with Gasteiger partial charge in [-0.2, -0.15) is 0 Å². The minimum atomic E-state index is -0.896. The Kier molecular flexibility index (Phi) is 3.41. The predicted octanol–water partition coefficient (Wildman–Crippen LogP) is 2.16. The number of nitrogens with one attached hydrogen (secondary N) is 1. The lowest BCUT2D eigenvalue weighted by molar-refractivity contribution is -0.146. The molecule has 3 rings (SSSR count). The number of carboxylic acid groups (broad SMARTS) is 1. The molecule has 0 spiro atoms. The molecule has 2 bridgehead atoms. The first kappa shape index (κ1) is 13.7. The number of carbonyl (C=O) groups is 2. The third kappa shape index (κ3) is 2.28. The highest BCUT2D eigenvalue weighted by Gasteiger charge is 2.51. The fourth-order valence-electron chi connectivity index (χ4n) is 3.48. The fraction of sp³-hybridized carbons (Fsp3) is 0.375. The van der Waals surface area contributed by atoms with Gasteiger partial charge in [-0.1, -0.05) is 24.3 Å². The Bertz CT molecular complexity index is 610. The maximum absolute atomic E-state index is 12.5. The molecule has 0 saturated heterocycles. The number of allylic oxidation sites excluding steroid dienone is 2. The molecule has 5 heteroatoms. The van der Waals surface area contributed by atoms with Gasteiger partial charge >= 0.3 is 5.97 Å². The molecule has 2 N–H and O–H groups in total. The van der Waals surface area contributed by atoms with Crippen LogP contribution in [0.3, 0.4) is 0 Å². The van der Waals surface area contributed by atoms with Crippen LogP contribution in [0.5, 0.6) is 5.75 Å². The lowest BCUT2D eigenvalue weighted by Crippen LogP contribution is -2.36. The van der Waals surface area contributed by atoms with Crippen molar-refractivity contribution in [2.45, 2.75) is 6.42 Å². The maximum Gasteiger partial charge on any atom is 0.307 e. The Hall–Kier alpha value is -2.30. The number of benzene rings is 1. The second kappa shape index (κ2) is 5.24. The summed E-state index contributed by atoms with van der Waals surface area (Å²) < 4.78 is 5.20. The van der Waals surface area contributed by atoms with E-state index in [1.54, 1.807) is 18.2 Å². The summed E-state index contributed by atoms with van der Waals surface area (Å²) >= 11 is 0. The highest BCUT2D eigenvalue weighted by atomic mass is 16.5. The molecule has 0 aliphatic heterocycles. The summed E-state index contributed by atoms with van der Waals surface area (Å²) in [6.07, 6.45) is 4.65. The summed E-state index contributed by atoms with van der Waals surface area (Å²) in [4.78, 5) is 24.0. The zero-order valence-corrected chi connectivity index (χ0v) is 11.7. The van der Waals surface area contributed by atoms with Gasteiger partial charge in [0.2, 0.25) is 5.91 Å². The van der Waals surface area contributed by atoms with E-state index in [-0.39, 0.29) is 17.7 Å². The SMILES string of the molecule is COc1ccccc1NC(=O)[C@H]1[C@H](C(=O)O)[C@H]2C=C[C@H]1C2. The summed E-state index contributed by atoms with van der Waals surface area (Å²) in [6.45, 7) is 0. The van der Waals surface area contributed by atoms with Gasteiger partial charge in [-0.05, 0) is 30.4 Å². The van der Waals surface area contributed by atoms with Crippen LogP contribution in [0, 0.1) is 23.7 Å². The van der Waals surface area contributed by atoms with Crippen LogP contribution in [-0.4, -0.2) is 24.1 Å². The molecule has 21 heavy (non-hydrogen) atoms. The quantitative estimate of drug-likeness (QED) is 0.832. The predicted molar refractivity (Wildman–Crippen MR) is 77.0 cm³/mol. The summed E-state index contributed by atoms with van der Waals surface area (Å²) in [5, 5.41) is 12.2. The zero-order valence-electron chi connectivity index (χ0n) is 11.7. The molecule has 1 amide bonds. The molecule has 5 nitrogen and oxygen atoms in total. The first-order valence-corrected chi connectivity index (χ1v) is 6.97. The number of carboxylic acids is 1. The second-order valence-corrected chi connectivity index (χ2v) is 5.53. The smallest absolute Gasteiger partial charge is 0.307 e. The Morgan fingerprint density at radius 3 is 2.52 bits per heavy atom. The fourth-order valence-corrected chi connectivity index (χ4v) is 3.48. The van der Waals surface area contributed by atoms with Crippen LogP contribution in [0.2, 0.25) is 0 Å². The van der Waals surface area contributed by atoms with Gasteiger partial charge in [-0.25, -0.2) is 0 Å². The standard InChI is InChI=1S/C16H17NO4/c1-21-12-5-3-2-4-11(12)17-15(18)13-9-6-7-10(8-9)14(13)16(19)20/h2-7,9-10,13-14H,8H2,1H3,(H,17,18)(H,19,20)/t9-,10-,13+,14+/m0/s1. The third-order valence-electron chi connectivity index (χ3n) is 4.41. The Balaban J connectivity index is 1.82. The van der Waals surface area contributed by atoms with Crippen molar-refractivity contribution in [3.8, 4) is 5.75 Å². The van der Waals surface area contributed by atoms with Gasteiger partial charge in [0.25, 0.3) is 0 Å². The number of aliphatic carboxylic acids is 1. The van der Waals surface area contributed by atoms with Crippen molar-refractivity contribution in [3.63, 3.8) is 0 Å². The number of ether oxygens (including phenoxy) is 1. The molecule has 0 unspecified atom stereocenters. The van der Waals surface area contributed by atoms with Gasteiger partial charge in [0.1, 0.15) is 5.75 Å². The van der Waals surface area contributed by atoms with Crippen molar-refractivity contribution in [2.24, 2.45) is 23.7 Å². The minimum absolute atomic E-state index is 0.0193. The largest absolute Gasteiger partial charge is 0.495 e. The number of hydrogen-bond acceptors (Lipinski definition) is 3. The van der Waals surface area contributed by atoms with Crippen LogP contribution in [-0.2, 0) is 9.59 Å². The molecule has 0 radical (unpaired) electrons. The summed E-state index contributed by atoms with van der Waals surface area (Å²) in [6, 6.07) is 7.11. The van der Waals surface area contributed by atoms with Crippen LogP contribution in [0.25, 0.3) is 0 Å². The average molecular weight is 287 g/mol. The molecule has 4 atom stereocenters. The van der Waals surface area contributed by atoms with Crippen molar-refractivity contribution in [1.29, 1.82) is 0 Å². The van der Waals surface area contributed by atoms with E-state index in [2.05, 4.69) is 5.32 Å². The van der Waals surface area contributed by atoms with E-state index in [1.165, 1.54) is 7.11 Å². The lowest BCUT2D eigenvalue weighted by atomic mass is 9.82. The van der Waals surface area contributed by atoms with Gasteiger partial charge in [0.15, 0.2) is 0 Å². The van der Waals surface area contributed by atoms with Crippen molar-refractivity contribution in [2.75, 3.05) is 12.4 Å². The molecule has 1 fully saturated rings. The minimum Gasteiger partial charge on any atom is -0.495 e. The van der Waals surface area contributed by atoms with E-state index in [0.717, 1.165) is 6.42 Å². The number of methoxy groups -OCH3 is 1. The van der Waals surface area contributed by atoms with Crippen LogP contribution in [0.1, 0.15) is 6.42 Å². The monoisotopic (exact) mass is 287 g/mol. The topological polar surface area (TPSA) is 75.6 Å². The number of rotatable bonds is 4. The molecular weight excluding hydrogens is 270 g/mol. The molecule has 0 aromatic heterocycles. The Labute approximate surface area is 122 Å². The highest BCUT2D eigenvalue weighted by molar-refractivity contribution is 5.97. The Morgan fingerprint density at radius 1 is 1.19 bits per heavy atom. The average Bonchev–Trinajstić information content (AvgIpc) is 3.08. The van der Waals surface area contributed by atoms with Crippen molar-refractivity contribution in [1.82, 2.24) is 0 Å². The molecule has 110 valence electrons. The first-order chi connectivity index (χ1) is 10.1. The van der Waals surface area contributed by atoms with E-state index in [9.17, 15) is 14.7 Å². The van der Waals surface area contributed by atoms with E-state index in [4.69, 9.17) is 4.74 Å². The van der Waals surface area contributed by atoms with Crippen molar-refractivity contribution >= 4 is 17.6 Å². The highest BCUT2D eigenvalue weighted by Crippen LogP contribution is 2.48. The Morgan fingerprint density at radius 2 is 1.86 bits per heavy atom. The van der Waals surface area contributed by atoms with Crippen LogP contribution >= 0.6 is 0 Å². The molecule has 2 aliphatic carbocycles.